The molecule has 0 saturated carbocycles. The quantitative estimate of drug-likeness (QED) is 0.469. The number of unbranched alkanes of at least 4 members (excludes halogenated alkanes) is 1. The molecule has 5 nitrogen and oxygen atoms in total. The van der Waals surface area contributed by atoms with E-state index in [0.29, 0.717) is 0 Å². The van der Waals surface area contributed by atoms with E-state index >= 15 is 0 Å². The normalized spacial score (nSPS) is 14.9. The maximum atomic E-state index is 12.2. The molecule has 0 aliphatic carbocycles. The Bertz CT molecular complexity index is 340. The Kier molecular flexibility index (Phi) is 9.71. The van der Waals surface area contributed by atoms with E-state index in [4.69, 9.17) is 4.74 Å². The van der Waals surface area contributed by atoms with E-state index < -0.39 is 17.5 Å². The van der Waals surface area contributed by atoms with Crippen LogP contribution in [0.5, 0.6) is 0 Å². The molecular formula is C16H28O5. The fraction of sp³-hybridized carbons (Fsp3) is 0.750. The Morgan fingerprint density at radius 2 is 1.81 bits per heavy atom. The van der Waals surface area contributed by atoms with E-state index in [1.54, 1.807) is 0 Å². The van der Waals surface area contributed by atoms with E-state index in [0.717, 1.165) is 38.2 Å². The first-order valence-electron chi connectivity index (χ1n) is 7.54. The predicted octanol–water partition coefficient (Wildman–Crippen LogP) is 2.62. The van der Waals surface area contributed by atoms with Gasteiger partial charge in [0.1, 0.15) is 19.3 Å². The first kappa shape index (κ1) is 19.6. The van der Waals surface area contributed by atoms with Gasteiger partial charge in [0.05, 0.1) is 5.41 Å². The highest BCUT2D eigenvalue weighted by atomic mass is 16.6. The van der Waals surface area contributed by atoms with Gasteiger partial charge in [-0.3, -0.25) is 4.79 Å². The van der Waals surface area contributed by atoms with E-state index in [1.165, 1.54) is 0 Å². The standard InChI is InChI=1S/C16H28O5/c1-5-8-10-16(4,9-6-2)15(19)21-12-13(17)11-20-14(18)7-3/h7,13,17H,3,5-6,8-12H2,1-2,4H3. The number of carbonyl (C=O) groups is 2. The van der Waals surface area contributed by atoms with Gasteiger partial charge in [-0.25, -0.2) is 4.79 Å². The molecule has 0 amide bonds. The number of esters is 2. The Morgan fingerprint density at radius 1 is 1.19 bits per heavy atom. The monoisotopic (exact) mass is 300 g/mol. The largest absolute Gasteiger partial charge is 0.462 e. The van der Waals surface area contributed by atoms with Gasteiger partial charge < -0.3 is 14.6 Å². The van der Waals surface area contributed by atoms with Crippen molar-refractivity contribution in [2.45, 2.75) is 59.0 Å². The van der Waals surface area contributed by atoms with E-state index in [1.807, 2.05) is 13.8 Å². The average molecular weight is 300 g/mol. The second-order valence-electron chi connectivity index (χ2n) is 5.50. The number of aliphatic hydroxyl groups excluding tert-OH is 1. The number of carbonyl (C=O) groups excluding carboxylic acids is 2. The number of rotatable bonds is 11. The van der Waals surface area contributed by atoms with Crippen molar-refractivity contribution in [1.29, 1.82) is 0 Å². The third-order valence-corrected chi connectivity index (χ3v) is 3.37. The molecule has 0 aliphatic heterocycles. The minimum atomic E-state index is -1.02. The van der Waals surface area contributed by atoms with Gasteiger partial charge in [0.2, 0.25) is 0 Å². The Hall–Kier alpha value is -1.36. The molecule has 0 heterocycles. The molecule has 0 fully saturated rings. The van der Waals surface area contributed by atoms with Gasteiger partial charge in [0.25, 0.3) is 0 Å². The van der Waals surface area contributed by atoms with Crippen LogP contribution in [0.4, 0.5) is 0 Å². The molecule has 21 heavy (non-hydrogen) atoms. The smallest absolute Gasteiger partial charge is 0.330 e. The lowest BCUT2D eigenvalue weighted by atomic mass is 9.81. The second kappa shape index (κ2) is 10.4. The zero-order valence-electron chi connectivity index (χ0n) is 13.4. The van der Waals surface area contributed by atoms with Crippen molar-refractivity contribution in [3.05, 3.63) is 12.7 Å². The summed E-state index contributed by atoms with van der Waals surface area (Å²) in [5, 5.41) is 9.63. The highest BCUT2D eigenvalue weighted by Gasteiger charge is 2.33. The molecule has 0 spiro atoms. The number of ether oxygens (including phenoxy) is 2. The van der Waals surface area contributed by atoms with Gasteiger partial charge in [-0.05, 0) is 19.8 Å². The summed E-state index contributed by atoms with van der Waals surface area (Å²) < 4.78 is 9.86. The van der Waals surface area contributed by atoms with Crippen LogP contribution >= 0.6 is 0 Å². The van der Waals surface area contributed by atoms with Crippen LogP contribution in [0.15, 0.2) is 12.7 Å². The van der Waals surface area contributed by atoms with Crippen LogP contribution < -0.4 is 0 Å². The molecule has 0 saturated heterocycles. The van der Waals surface area contributed by atoms with Crippen molar-refractivity contribution in [3.8, 4) is 0 Å². The first-order chi connectivity index (χ1) is 9.89. The molecule has 0 rings (SSSR count). The predicted molar refractivity (Wildman–Crippen MR) is 80.7 cm³/mol. The molecule has 0 aromatic heterocycles. The van der Waals surface area contributed by atoms with Crippen molar-refractivity contribution >= 4 is 11.9 Å². The molecular weight excluding hydrogens is 272 g/mol. The molecule has 2 atom stereocenters. The third kappa shape index (κ3) is 7.85. The van der Waals surface area contributed by atoms with Crippen molar-refractivity contribution in [3.63, 3.8) is 0 Å². The van der Waals surface area contributed by atoms with Gasteiger partial charge in [0.15, 0.2) is 0 Å². The summed E-state index contributed by atoms with van der Waals surface area (Å²) in [6.07, 6.45) is 4.41. The van der Waals surface area contributed by atoms with Crippen molar-refractivity contribution in [2.75, 3.05) is 13.2 Å². The maximum Gasteiger partial charge on any atom is 0.330 e. The number of aliphatic hydroxyl groups is 1. The summed E-state index contributed by atoms with van der Waals surface area (Å²) in [5.74, 6) is -0.911. The fourth-order valence-corrected chi connectivity index (χ4v) is 2.08. The van der Waals surface area contributed by atoms with Crippen LogP contribution in [0.3, 0.4) is 0 Å². The van der Waals surface area contributed by atoms with Crippen LogP contribution in [0.2, 0.25) is 0 Å². The van der Waals surface area contributed by atoms with Crippen LogP contribution in [0, 0.1) is 5.41 Å². The molecule has 0 aromatic carbocycles. The summed E-state index contributed by atoms with van der Waals surface area (Å²) in [6.45, 7) is 8.88. The second-order valence-corrected chi connectivity index (χ2v) is 5.50. The first-order valence-corrected chi connectivity index (χ1v) is 7.54. The van der Waals surface area contributed by atoms with Gasteiger partial charge in [-0.2, -0.15) is 0 Å². The van der Waals surface area contributed by atoms with Crippen LogP contribution in [0.25, 0.3) is 0 Å². The van der Waals surface area contributed by atoms with Gasteiger partial charge in [-0.1, -0.05) is 39.7 Å². The summed E-state index contributed by atoms with van der Waals surface area (Å²) in [6, 6.07) is 0. The fourth-order valence-electron chi connectivity index (χ4n) is 2.08. The van der Waals surface area contributed by atoms with E-state index in [2.05, 4.69) is 18.2 Å². The third-order valence-electron chi connectivity index (χ3n) is 3.37. The molecule has 1 N–H and O–H groups in total. The molecule has 5 heteroatoms. The van der Waals surface area contributed by atoms with Gasteiger partial charge >= 0.3 is 11.9 Å². The van der Waals surface area contributed by atoms with Crippen molar-refractivity contribution in [1.82, 2.24) is 0 Å². The highest BCUT2D eigenvalue weighted by molar-refractivity contribution is 5.81. The number of hydrogen-bond acceptors (Lipinski definition) is 5. The van der Waals surface area contributed by atoms with Crippen LogP contribution in [-0.4, -0.2) is 36.4 Å². The van der Waals surface area contributed by atoms with Crippen molar-refractivity contribution < 1.29 is 24.2 Å². The van der Waals surface area contributed by atoms with Crippen molar-refractivity contribution in [2.24, 2.45) is 5.41 Å². The topological polar surface area (TPSA) is 72.8 Å². The lowest BCUT2D eigenvalue weighted by Crippen LogP contribution is -2.33. The Labute approximate surface area is 127 Å². The lowest BCUT2D eigenvalue weighted by Gasteiger charge is -2.27. The van der Waals surface area contributed by atoms with E-state index in [9.17, 15) is 14.7 Å². The molecule has 0 aliphatic rings. The minimum Gasteiger partial charge on any atom is -0.462 e. The van der Waals surface area contributed by atoms with Gasteiger partial charge in [-0.15, -0.1) is 0 Å². The molecule has 2 unspecified atom stereocenters. The minimum absolute atomic E-state index is 0.172. The zero-order chi connectivity index (χ0) is 16.3. The summed E-state index contributed by atoms with van der Waals surface area (Å²) in [4.78, 5) is 23.1. The van der Waals surface area contributed by atoms with Crippen LogP contribution in [0.1, 0.15) is 52.9 Å². The molecule has 0 bridgehead atoms. The molecule has 0 radical (unpaired) electrons. The summed E-state index contributed by atoms with van der Waals surface area (Å²) >= 11 is 0. The summed E-state index contributed by atoms with van der Waals surface area (Å²) in [5.41, 5.74) is -0.512. The highest BCUT2D eigenvalue weighted by Crippen LogP contribution is 2.31. The zero-order valence-corrected chi connectivity index (χ0v) is 13.4. The average Bonchev–Trinajstić information content (AvgIpc) is 2.48. The molecule has 122 valence electrons. The van der Waals surface area contributed by atoms with Crippen LogP contribution in [-0.2, 0) is 19.1 Å². The molecule has 0 aromatic rings. The summed E-state index contributed by atoms with van der Waals surface area (Å²) in [7, 11) is 0. The van der Waals surface area contributed by atoms with Gasteiger partial charge in [0, 0.05) is 6.08 Å². The maximum absolute atomic E-state index is 12.2. The number of hydrogen-bond donors (Lipinski definition) is 1. The Morgan fingerprint density at radius 3 is 2.33 bits per heavy atom. The lowest BCUT2D eigenvalue weighted by molar-refractivity contribution is -0.160. The Balaban J connectivity index is 4.29. The SMILES string of the molecule is C=CC(=O)OCC(O)COC(=O)C(C)(CCC)CCCC. The van der Waals surface area contributed by atoms with E-state index in [-0.39, 0.29) is 19.2 Å².